The van der Waals surface area contributed by atoms with E-state index < -0.39 is 0 Å². The topological polar surface area (TPSA) is 20.3 Å². The number of hydrogen-bond donors (Lipinski definition) is 0. The fourth-order valence-electron chi connectivity index (χ4n) is 1.58. The zero-order valence-electron chi connectivity index (χ0n) is 9.43. The van der Waals surface area contributed by atoms with Crippen molar-refractivity contribution in [2.75, 3.05) is 11.9 Å². The summed E-state index contributed by atoms with van der Waals surface area (Å²) in [6.07, 6.45) is 0. The van der Waals surface area contributed by atoms with Crippen LogP contribution < -0.4 is 4.90 Å². The zero-order chi connectivity index (χ0) is 12.3. The SMILES string of the molecule is CN(C(=O)c1ccccc1Br)c1ccccc1. The first-order valence-corrected chi connectivity index (χ1v) is 6.07. The highest BCUT2D eigenvalue weighted by atomic mass is 79.9. The fraction of sp³-hybridized carbons (Fsp3) is 0.0714. The molecule has 0 aromatic heterocycles. The average Bonchev–Trinajstić information content (AvgIpc) is 2.39. The maximum Gasteiger partial charge on any atom is 0.259 e. The molecule has 0 aliphatic carbocycles. The van der Waals surface area contributed by atoms with E-state index in [9.17, 15) is 4.79 Å². The second-order valence-electron chi connectivity index (χ2n) is 3.68. The van der Waals surface area contributed by atoms with Crippen LogP contribution >= 0.6 is 15.9 Å². The smallest absolute Gasteiger partial charge is 0.259 e. The number of benzene rings is 2. The minimum Gasteiger partial charge on any atom is -0.311 e. The molecule has 0 bridgehead atoms. The van der Waals surface area contributed by atoms with Gasteiger partial charge in [0.2, 0.25) is 0 Å². The molecular formula is C14H12BrNO. The minimum absolute atomic E-state index is 0.0244. The quantitative estimate of drug-likeness (QED) is 0.825. The lowest BCUT2D eigenvalue weighted by Gasteiger charge is -2.17. The summed E-state index contributed by atoms with van der Waals surface area (Å²) in [5.41, 5.74) is 1.55. The molecule has 0 unspecified atom stereocenters. The third kappa shape index (κ3) is 2.56. The zero-order valence-corrected chi connectivity index (χ0v) is 11.0. The Morgan fingerprint density at radius 2 is 1.59 bits per heavy atom. The number of rotatable bonds is 2. The summed E-state index contributed by atoms with van der Waals surface area (Å²) in [7, 11) is 1.77. The predicted molar refractivity (Wildman–Crippen MR) is 73.3 cm³/mol. The van der Waals surface area contributed by atoms with Crippen LogP contribution in [0.2, 0.25) is 0 Å². The number of para-hydroxylation sites is 1. The Balaban J connectivity index is 2.30. The van der Waals surface area contributed by atoms with E-state index >= 15 is 0 Å². The third-order valence-electron chi connectivity index (χ3n) is 2.55. The summed E-state index contributed by atoms with van der Waals surface area (Å²) < 4.78 is 0.813. The highest BCUT2D eigenvalue weighted by Crippen LogP contribution is 2.20. The van der Waals surface area contributed by atoms with Crippen molar-refractivity contribution in [2.45, 2.75) is 0 Å². The van der Waals surface area contributed by atoms with Gasteiger partial charge in [0, 0.05) is 17.2 Å². The van der Waals surface area contributed by atoms with Gasteiger partial charge in [0.15, 0.2) is 0 Å². The molecule has 2 rings (SSSR count). The van der Waals surface area contributed by atoms with Gasteiger partial charge in [0.25, 0.3) is 5.91 Å². The third-order valence-corrected chi connectivity index (χ3v) is 3.24. The summed E-state index contributed by atoms with van der Waals surface area (Å²) in [5, 5.41) is 0. The van der Waals surface area contributed by atoms with Crippen LogP contribution in [0.5, 0.6) is 0 Å². The van der Waals surface area contributed by atoms with Gasteiger partial charge in [-0.25, -0.2) is 0 Å². The van der Waals surface area contributed by atoms with Crippen molar-refractivity contribution in [3.63, 3.8) is 0 Å². The molecule has 0 radical (unpaired) electrons. The van der Waals surface area contributed by atoms with Crippen LogP contribution in [0.25, 0.3) is 0 Å². The Kier molecular flexibility index (Phi) is 3.59. The lowest BCUT2D eigenvalue weighted by molar-refractivity contribution is 0.0992. The number of nitrogens with zero attached hydrogens (tertiary/aromatic N) is 1. The van der Waals surface area contributed by atoms with Crippen molar-refractivity contribution in [3.05, 3.63) is 64.6 Å². The van der Waals surface area contributed by atoms with Gasteiger partial charge in [-0.2, -0.15) is 0 Å². The second-order valence-corrected chi connectivity index (χ2v) is 4.53. The predicted octanol–water partition coefficient (Wildman–Crippen LogP) is 3.73. The molecule has 0 atom stereocenters. The highest BCUT2D eigenvalue weighted by Gasteiger charge is 2.15. The average molecular weight is 290 g/mol. The molecule has 3 heteroatoms. The summed E-state index contributed by atoms with van der Waals surface area (Å²) in [6.45, 7) is 0. The van der Waals surface area contributed by atoms with Crippen molar-refractivity contribution < 1.29 is 4.79 Å². The summed E-state index contributed by atoms with van der Waals surface area (Å²) in [6, 6.07) is 17.0. The van der Waals surface area contributed by atoms with Crippen molar-refractivity contribution in [2.24, 2.45) is 0 Å². The molecule has 17 heavy (non-hydrogen) atoms. The largest absolute Gasteiger partial charge is 0.311 e. The first-order chi connectivity index (χ1) is 8.20. The first kappa shape index (κ1) is 11.9. The first-order valence-electron chi connectivity index (χ1n) is 5.28. The van der Waals surface area contributed by atoms with Crippen LogP contribution in [-0.2, 0) is 0 Å². The summed E-state index contributed by atoms with van der Waals surface area (Å²) in [4.78, 5) is 13.9. The number of carbonyl (C=O) groups is 1. The lowest BCUT2D eigenvalue weighted by Crippen LogP contribution is -2.26. The van der Waals surface area contributed by atoms with Gasteiger partial charge in [-0.15, -0.1) is 0 Å². The van der Waals surface area contributed by atoms with E-state index in [0.29, 0.717) is 5.56 Å². The van der Waals surface area contributed by atoms with Gasteiger partial charge in [0.1, 0.15) is 0 Å². The Hall–Kier alpha value is -1.61. The summed E-state index contributed by atoms with van der Waals surface area (Å²) in [5.74, 6) is -0.0244. The molecule has 1 amide bonds. The van der Waals surface area contributed by atoms with E-state index in [0.717, 1.165) is 10.2 Å². The molecule has 86 valence electrons. The van der Waals surface area contributed by atoms with E-state index in [1.165, 1.54) is 0 Å². The van der Waals surface area contributed by atoms with Crippen LogP contribution in [0.1, 0.15) is 10.4 Å². The molecule has 2 nitrogen and oxygen atoms in total. The molecule has 2 aromatic rings. The molecule has 2 aromatic carbocycles. The molecule has 0 saturated heterocycles. The Bertz CT molecular complexity index is 525. The van der Waals surface area contributed by atoms with Gasteiger partial charge in [-0.05, 0) is 40.2 Å². The maximum atomic E-state index is 12.3. The standard InChI is InChI=1S/C14H12BrNO/c1-16(11-7-3-2-4-8-11)14(17)12-9-5-6-10-13(12)15/h2-10H,1H3. The lowest BCUT2D eigenvalue weighted by atomic mass is 10.2. The van der Waals surface area contributed by atoms with E-state index in [1.807, 2.05) is 54.6 Å². The normalized spacial score (nSPS) is 10.0. The van der Waals surface area contributed by atoms with Gasteiger partial charge >= 0.3 is 0 Å². The number of halogens is 1. The molecule has 0 aliphatic rings. The van der Waals surface area contributed by atoms with Gasteiger partial charge in [0.05, 0.1) is 5.56 Å². The molecular weight excluding hydrogens is 278 g/mol. The van der Waals surface area contributed by atoms with Crippen molar-refractivity contribution in [1.82, 2.24) is 0 Å². The maximum absolute atomic E-state index is 12.3. The molecule has 0 saturated carbocycles. The monoisotopic (exact) mass is 289 g/mol. The molecule has 0 fully saturated rings. The number of hydrogen-bond acceptors (Lipinski definition) is 1. The number of anilines is 1. The van der Waals surface area contributed by atoms with E-state index in [2.05, 4.69) is 15.9 Å². The molecule has 0 spiro atoms. The van der Waals surface area contributed by atoms with Gasteiger partial charge in [-0.3, -0.25) is 4.79 Å². The Morgan fingerprint density at radius 3 is 2.24 bits per heavy atom. The van der Waals surface area contributed by atoms with E-state index in [4.69, 9.17) is 0 Å². The fourth-order valence-corrected chi connectivity index (χ4v) is 2.04. The van der Waals surface area contributed by atoms with Crippen molar-refractivity contribution in [3.8, 4) is 0 Å². The second kappa shape index (κ2) is 5.15. The molecule has 0 heterocycles. The molecule has 0 N–H and O–H groups in total. The Labute approximate surface area is 109 Å². The van der Waals surface area contributed by atoms with E-state index in [1.54, 1.807) is 11.9 Å². The van der Waals surface area contributed by atoms with Crippen LogP contribution in [0.4, 0.5) is 5.69 Å². The molecule has 0 aliphatic heterocycles. The van der Waals surface area contributed by atoms with Gasteiger partial charge < -0.3 is 4.90 Å². The van der Waals surface area contributed by atoms with E-state index in [-0.39, 0.29) is 5.91 Å². The highest BCUT2D eigenvalue weighted by molar-refractivity contribution is 9.10. The minimum atomic E-state index is -0.0244. The van der Waals surface area contributed by atoms with Crippen molar-refractivity contribution in [1.29, 1.82) is 0 Å². The number of carbonyl (C=O) groups excluding carboxylic acids is 1. The van der Waals surface area contributed by atoms with Crippen LogP contribution in [0.15, 0.2) is 59.1 Å². The Morgan fingerprint density at radius 1 is 1.00 bits per heavy atom. The van der Waals surface area contributed by atoms with Gasteiger partial charge in [-0.1, -0.05) is 30.3 Å². The summed E-state index contributed by atoms with van der Waals surface area (Å²) >= 11 is 3.39. The van der Waals surface area contributed by atoms with Crippen molar-refractivity contribution >= 4 is 27.5 Å². The van der Waals surface area contributed by atoms with Crippen LogP contribution in [0.3, 0.4) is 0 Å². The number of amides is 1. The van der Waals surface area contributed by atoms with Crippen LogP contribution in [0, 0.1) is 0 Å². The van der Waals surface area contributed by atoms with Crippen LogP contribution in [-0.4, -0.2) is 13.0 Å².